The first-order chi connectivity index (χ1) is 8.20. The van der Waals surface area contributed by atoms with E-state index in [9.17, 15) is 4.79 Å². The predicted molar refractivity (Wildman–Crippen MR) is 65.6 cm³/mol. The third-order valence-corrected chi connectivity index (χ3v) is 2.98. The number of carbonyl (C=O) groups excluding carboxylic acids is 1. The van der Waals surface area contributed by atoms with Gasteiger partial charge >= 0.3 is 6.09 Å². The first-order valence-electron chi connectivity index (χ1n) is 5.93. The van der Waals surface area contributed by atoms with Crippen LogP contribution in [-0.2, 0) is 4.74 Å². The molecule has 0 aliphatic carbocycles. The van der Waals surface area contributed by atoms with Gasteiger partial charge in [0.05, 0.1) is 0 Å². The molecule has 0 aromatic heterocycles. The first kappa shape index (κ1) is 11.9. The molecule has 17 heavy (non-hydrogen) atoms. The van der Waals surface area contributed by atoms with Crippen LogP contribution in [-0.4, -0.2) is 30.6 Å². The highest BCUT2D eigenvalue weighted by atomic mass is 16.6. The van der Waals surface area contributed by atoms with Crippen LogP contribution in [0, 0.1) is 6.92 Å². The van der Waals surface area contributed by atoms with Crippen LogP contribution in [0.25, 0.3) is 0 Å². The Morgan fingerprint density at radius 3 is 3.00 bits per heavy atom. The zero-order chi connectivity index (χ0) is 12.3. The number of ether oxygens (including phenoxy) is 1. The second kappa shape index (κ2) is 5.19. The molecule has 1 aromatic carbocycles. The Hall–Kier alpha value is -1.55. The Labute approximate surface area is 101 Å². The van der Waals surface area contributed by atoms with Crippen molar-refractivity contribution in [3.63, 3.8) is 0 Å². The lowest BCUT2D eigenvalue weighted by Crippen LogP contribution is -2.41. The predicted octanol–water partition coefficient (Wildman–Crippen LogP) is 1.84. The Kier molecular flexibility index (Phi) is 3.64. The number of hydrogen-bond acceptors (Lipinski definition) is 3. The van der Waals surface area contributed by atoms with Crippen molar-refractivity contribution in [3.05, 3.63) is 35.4 Å². The lowest BCUT2D eigenvalue weighted by Gasteiger charge is -2.31. The van der Waals surface area contributed by atoms with Crippen LogP contribution in [0.5, 0.6) is 0 Å². The van der Waals surface area contributed by atoms with Gasteiger partial charge in [-0.1, -0.05) is 29.8 Å². The number of amides is 1. The highest BCUT2D eigenvalue weighted by molar-refractivity contribution is 5.68. The van der Waals surface area contributed by atoms with Gasteiger partial charge in [-0.3, -0.25) is 0 Å². The van der Waals surface area contributed by atoms with Crippen LogP contribution in [0.2, 0.25) is 0 Å². The lowest BCUT2D eigenvalue weighted by atomic mass is 10.0. The maximum Gasteiger partial charge on any atom is 0.410 e. The molecule has 1 aromatic rings. The fraction of sp³-hybridized carbons (Fsp3) is 0.462. The molecule has 1 saturated heterocycles. The van der Waals surface area contributed by atoms with E-state index in [1.807, 2.05) is 25.1 Å². The van der Waals surface area contributed by atoms with Crippen LogP contribution < -0.4 is 5.73 Å². The van der Waals surface area contributed by atoms with E-state index in [1.165, 1.54) is 5.56 Å². The van der Waals surface area contributed by atoms with Crippen LogP contribution >= 0.6 is 0 Å². The molecule has 2 rings (SSSR count). The van der Waals surface area contributed by atoms with E-state index >= 15 is 0 Å². The molecule has 0 radical (unpaired) electrons. The summed E-state index contributed by atoms with van der Waals surface area (Å²) in [5.74, 6) is 0. The van der Waals surface area contributed by atoms with Crippen molar-refractivity contribution in [1.82, 2.24) is 4.90 Å². The minimum Gasteiger partial charge on any atom is -0.441 e. The van der Waals surface area contributed by atoms with Gasteiger partial charge < -0.3 is 15.4 Å². The second-order valence-electron chi connectivity index (χ2n) is 4.35. The van der Waals surface area contributed by atoms with Gasteiger partial charge in [0.15, 0.2) is 0 Å². The van der Waals surface area contributed by atoms with Gasteiger partial charge in [-0.15, -0.1) is 0 Å². The molecule has 92 valence electrons. The van der Waals surface area contributed by atoms with Crippen molar-refractivity contribution >= 4 is 6.09 Å². The smallest absolute Gasteiger partial charge is 0.410 e. The number of carbonyl (C=O) groups is 1. The van der Waals surface area contributed by atoms with Crippen molar-refractivity contribution in [2.75, 3.05) is 19.6 Å². The van der Waals surface area contributed by atoms with E-state index in [-0.39, 0.29) is 12.2 Å². The largest absolute Gasteiger partial charge is 0.441 e. The third-order valence-electron chi connectivity index (χ3n) is 2.98. The molecule has 1 amide bonds. The van der Waals surface area contributed by atoms with Crippen LogP contribution in [0.4, 0.5) is 4.79 Å². The summed E-state index contributed by atoms with van der Waals surface area (Å²) in [6.45, 7) is 3.80. The fourth-order valence-electron chi connectivity index (χ4n) is 2.08. The van der Waals surface area contributed by atoms with Gasteiger partial charge in [-0.25, -0.2) is 4.79 Å². The molecular formula is C13H18N2O2. The molecule has 1 fully saturated rings. The van der Waals surface area contributed by atoms with Gasteiger partial charge in [0.1, 0.15) is 6.10 Å². The van der Waals surface area contributed by atoms with Crippen LogP contribution in [0.15, 0.2) is 24.3 Å². The Balaban J connectivity index is 2.04. The Morgan fingerprint density at radius 2 is 2.35 bits per heavy atom. The minimum absolute atomic E-state index is 0.114. The molecule has 1 aliphatic rings. The number of hydrogen-bond donors (Lipinski definition) is 1. The second-order valence-corrected chi connectivity index (χ2v) is 4.35. The summed E-state index contributed by atoms with van der Waals surface area (Å²) in [4.78, 5) is 13.4. The average Bonchev–Trinajstić information content (AvgIpc) is 2.32. The monoisotopic (exact) mass is 234 g/mol. The molecule has 1 heterocycles. The number of aryl methyl sites for hydroxylation is 1. The van der Waals surface area contributed by atoms with E-state index in [0.29, 0.717) is 19.6 Å². The number of nitrogens with two attached hydrogens (primary N) is 1. The molecular weight excluding hydrogens is 216 g/mol. The quantitative estimate of drug-likeness (QED) is 0.868. The van der Waals surface area contributed by atoms with Gasteiger partial charge in [0.25, 0.3) is 0 Å². The Bertz CT molecular complexity index is 406. The normalized spacial score (nSPS) is 20.2. The minimum atomic E-state index is -0.256. The van der Waals surface area contributed by atoms with Crippen LogP contribution in [0.1, 0.15) is 23.7 Å². The molecule has 2 N–H and O–H groups in total. The van der Waals surface area contributed by atoms with E-state index < -0.39 is 0 Å². The average molecular weight is 234 g/mol. The topological polar surface area (TPSA) is 55.6 Å². The molecule has 0 spiro atoms. The number of rotatable bonds is 3. The van der Waals surface area contributed by atoms with E-state index in [2.05, 4.69) is 6.07 Å². The maximum absolute atomic E-state index is 11.7. The van der Waals surface area contributed by atoms with E-state index in [4.69, 9.17) is 10.5 Å². The molecule has 4 heteroatoms. The SMILES string of the molecule is Cc1cccc(C2CCN(CCN)C(=O)O2)c1. The summed E-state index contributed by atoms with van der Waals surface area (Å²) in [5, 5.41) is 0. The standard InChI is InChI=1S/C13H18N2O2/c1-10-3-2-4-11(9-10)12-5-7-15(8-6-14)13(16)17-12/h2-4,9,12H,5-8,14H2,1H3. The van der Waals surface area contributed by atoms with Crippen molar-refractivity contribution in [2.24, 2.45) is 5.73 Å². The fourth-order valence-corrected chi connectivity index (χ4v) is 2.08. The zero-order valence-electron chi connectivity index (χ0n) is 10.1. The van der Waals surface area contributed by atoms with Crippen molar-refractivity contribution < 1.29 is 9.53 Å². The van der Waals surface area contributed by atoms with Gasteiger partial charge in [-0.2, -0.15) is 0 Å². The lowest BCUT2D eigenvalue weighted by molar-refractivity contribution is 0.0252. The molecule has 0 saturated carbocycles. The molecule has 4 nitrogen and oxygen atoms in total. The molecule has 1 unspecified atom stereocenters. The van der Waals surface area contributed by atoms with E-state index in [0.717, 1.165) is 12.0 Å². The molecule has 1 aliphatic heterocycles. The molecule has 1 atom stereocenters. The summed E-state index contributed by atoms with van der Waals surface area (Å²) in [7, 11) is 0. The van der Waals surface area contributed by atoms with Crippen molar-refractivity contribution in [1.29, 1.82) is 0 Å². The third kappa shape index (κ3) is 2.77. The van der Waals surface area contributed by atoms with Gasteiger partial charge in [0, 0.05) is 26.1 Å². The van der Waals surface area contributed by atoms with Crippen molar-refractivity contribution in [2.45, 2.75) is 19.4 Å². The summed E-state index contributed by atoms with van der Waals surface area (Å²) in [5.41, 5.74) is 7.70. The number of nitrogens with zero attached hydrogens (tertiary/aromatic N) is 1. The molecule has 0 bridgehead atoms. The number of cyclic esters (lactones) is 1. The van der Waals surface area contributed by atoms with Crippen molar-refractivity contribution in [3.8, 4) is 0 Å². The maximum atomic E-state index is 11.7. The summed E-state index contributed by atoms with van der Waals surface area (Å²) in [6, 6.07) is 8.10. The summed E-state index contributed by atoms with van der Waals surface area (Å²) in [6.07, 6.45) is 0.458. The highest BCUT2D eigenvalue weighted by Crippen LogP contribution is 2.26. The Morgan fingerprint density at radius 1 is 1.53 bits per heavy atom. The first-order valence-corrected chi connectivity index (χ1v) is 5.93. The number of benzene rings is 1. The van der Waals surface area contributed by atoms with Gasteiger partial charge in [0.2, 0.25) is 0 Å². The zero-order valence-corrected chi connectivity index (χ0v) is 10.1. The van der Waals surface area contributed by atoms with Gasteiger partial charge in [-0.05, 0) is 12.5 Å². The highest BCUT2D eigenvalue weighted by Gasteiger charge is 2.27. The summed E-state index contributed by atoms with van der Waals surface area (Å²) >= 11 is 0. The summed E-state index contributed by atoms with van der Waals surface area (Å²) < 4.78 is 5.42. The van der Waals surface area contributed by atoms with Crippen LogP contribution in [0.3, 0.4) is 0 Å². The van der Waals surface area contributed by atoms with E-state index in [1.54, 1.807) is 4.90 Å².